The molecule has 2 aliphatic rings. The zero-order valence-electron chi connectivity index (χ0n) is 8.95. The minimum atomic E-state index is -3.50. The highest BCUT2D eigenvalue weighted by Crippen LogP contribution is 2.47. The molecule has 1 N–H and O–H groups in total. The molecule has 0 bridgehead atoms. The number of esters is 1. The Morgan fingerprint density at radius 3 is 2.50 bits per heavy atom. The summed E-state index contributed by atoms with van der Waals surface area (Å²) in [5, 5.41) is 2.82. The molecule has 0 aliphatic carbocycles. The van der Waals surface area contributed by atoms with Gasteiger partial charge in [0, 0.05) is 13.1 Å². The molecule has 0 amide bonds. The van der Waals surface area contributed by atoms with E-state index < -0.39 is 32.6 Å². The van der Waals surface area contributed by atoms with Gasteiger partial charge in [0.1, 0.15) is 0 Å². The van der Waals surface area contributed by atoms with Crippen molar-refractivity contribution in [3.05, 3.63) is 0 Å². The number of nitrogens with one attached hydrogen (secondary N) is 1. The third-order valence-corrected chi connectivity index (χ3v) is 5.11. The molecular weight excluding hydrogens is 237 g/mol. The smallest absolute Gasteiger partial charge is 0.345 e. The molecule has 2 heterocycles. The van der Waals surface area contributed by atoms with Crippen LogP contribution in [0, 0.1) is 5.41 Å². The lowest BCUT2D eigenvalue weighted by Gasteiger charge is -2.44. The Balaban J connectivity index is 2.34. The molecule has 16 heavy (non-hydrogen) atoms. The fraction of sp³-hybridized carbons (Fsp3) is 0.889. The largest absolute Gasteiger partial charge is 0.464 e. The molecule has 92 valence electrons. The van der Waals surface area contributed by atoms with Gasteiger partial charge in [0.05, 0.1) is 23.5 Å². The summed E-state index contributed by atoms with van der Waals surface area (Å²) in [7, 11) is -3.50. The van der Waals surface area contributed by atoms with Crippen molar-refractivity contribution in [2.45, 2.75) is 12.6 Å². The van der Waals surface area contributed by atoms with Crippen molar-refractivity contribution in [2.24, 2.45) is 5.41 Å². The molecule has 0 radical (unpaired) electrons. The summed E-state index contributed by atoms with van der Waals surface area (Å²) >= 11 is 0. The first kappa shape index (κ1) is 11.8. The minimum absolute atomic E-state index is 0.0497. The Hall–Kier alpha value is -0.690. The van der Waals surface area contributed by atoms with E-state index >= 15 is 0 Å². The number of halogens is 1. The summed E-state index contributed by atoms with van der Waals surface area (Å²) < 4.78 is 42.2. The van der Waals surface area contributed by atoms with E-state index in [2.05, 4.69) is 10.1 Å². The number of hydrogen-bond acceptors (Lipinski definition) is 5. The average molecular weight is 251 g/mol. The molecule has 1 spiro atoms. The van der Waals surface area contributed by atoms with Crippen LogP contribution in [0.25, 0.3) is 0 Å². The van der Waals surface area contributed by atoms with E-state index in [1.54, 1.807) is 6.92 Å². The number of carbonyl (C=O) groups is 1. The average Bonchev–Trinajstić information content (AvgIpc) is 2.33. The predicted molar refractivity (Wildman–Crippen MR) is 54.4 cm³/mol. The van der Waals surface area contributed by atoms with Crippen molar-refractivity contribution in [1.82, 2.24) is 5.32 Å². The summed E-state index contributed by atoms with van der Waals surface area (Å²) in [5.74, 6) is -2.07. The number of hydrogen-bond donors (Lipinski definition) is 1. The van der Waals surface area contributed by atoms with Crippen molar-refractivity contribution in [2.75, 3.05) is 31.2 Å². The Morgan fingerprint density at radius 1 is 1.44 bits per heavy atom. The summed E-state index contributed by atoms with van der Waals surface area (Å²) in [6.45, 7) is 2.04. The molecule has 2 fully saturated rings. The normalized spacial score (nSPS) is 34.6. The third kappa shape index (κ3) is 1.45. The lowest BCUT2D eigenvalue weighted by Crippen LogP contribution is -2.66. The SMILES string of the molecule is CCOC(=O)C1(F)CS(=O)(=O)CC12CNC2. The quantitative estimate of drug-likeness (QED) is 0.655. The highest BCUT2D eigenvalue weighted by molar-refractivity contribution is 7.91. The number of ether oxygens (including phenoxy) is 1. The molecule has 0 aromatic carbocycles. The molecular formula is C9H14FNO4S. The van der Waals surface area contributed by atoms with Gasteiger partial charge in [-0.25, -0.2) is 17.6 Å². The fourth-order valence-electron chi connectivity index (χ4n) is 2.37. The number of rotatable bonds is 2. The van der Waals surface area contributed by atoms with Gasteiger partial charge in [0.15, 0.2) is 9.84 Å². The Labute approximate surface area is 93.3 Å². The molecule has 0 saturated carbocycles. The molecule has 0 aromatic heterocycles. The molecule has 1 atom stereocenters. The molecule has 2 aliphatic heterocycles. The van der Waals surface area contributed by atoms with Gasteiger partial charge in [-0.05, 0) is 6.92 Å². The van der Waals surface area contributed by atoms with E-state index in [9.17, 15) is 17.6 Å². The Morgan fingerprint density at radius 2 is 2.06 bits per heavy atom. The van der Waals surface area contributed by atoms with Crippen LogP contribution in [0.4, 0.5) is 4.39 Å². The highest BCUT2D eigenvalue weighted by Gasteiger charge is 2.69. The van der Waals surface area contributed by atoms with Gasteiger partial charge < -0.3 is 10.1 Å². The number of carbonyl (C=O) groups excluding carboxylic acids is 1. The van der Waals surface area contributed by atoms with Crippen LogP contribution in [0.2, 0.25) is 0 Å². The van der Waals surface area contributed by atoms with Crippen molar-refractivity contribution in [1.29, 1.82) is 0 Å². The second-order valence-corrected chi connectivity index (χ2v) is 6.50. The zero-order valence-corrected chi connectivity index (χ0v) is 9.77. The minimum Gasteiger partial charge on any atom is -0.464 e. The predicted octanol–water partition coefficient (Wildman–Crippen LogP) is -0.724. The van der Waals surface area contributed by atoms with Crippen LogP contribution in [0.3, 0.4) is 0 Å². The van der Waals surface area contributed by atoms with E-state index in [-0.39, 0.29) is 25.4 Å². The van der Waals surface area contributed by atoms with Gasteiger partial charge in [-0.15, -0.1) is 0 Å². The van der Waals surface area contributed by atoms with Crippen molar-refractivity contribution in [3.63, 3.8) is 0 Å². The Kier molecular flexibility index (Phi) is 2.50. The monoisotopic (exact) mass is 251 g/mol. The van der Waals surface area contributed by atoms with Gasteiger partial charge in [0.2, 0.25) is 5.67 Å². The van der Waals surface area contributed by atoms with Gasteiger partial charge >= 0.3 is 5.97 Å². The molecule has 2 saturated heterocycles. The van der Waals surface area contributed by atoms with Crippen LogP contribution in [-0.2, 0) is 19.4 Å². The topological polar surface area (TPSA) is 72.5 Å². The lowest BCUT2D eigenvalue weighted by atomic mass is 9.71. The molecule has 2 rings (SSSR count). The van der Waals surface area contributed by atoms with Crippen LogP contribution in [0.15, 0.2) is 0 Å². The van der Waals surface area contributed by atoms with Crippen LogP contribution in [-0.4, -0.2) is 51.3 Å². The molecule has 7 heteroatoms. The summed E-state index contributed by atoms with van der Waals surface area (Å²) in [4.78, 5) is 11.6. The van der Waals surface area contributed by atoms with E-state index in [1.807, 2.05) is 0 Å². The third-order valence-electron chi connectivity index (χ3n) is 3.28. The van der Waals surface area contributed by atoms with E-state index in [4.69, 9.17) is 0 Å². The van der Waals surface area contributed by atoms with Crippen LogP contribution in [0.1, 0.15) is 6.92 Å². The van der Waals surface area contributed by atoms with Crippen LogP contribution >= 0.6 is 0 Å². The first-order valence-electron chi connectivity index (χ1n) is 5.13. The van der Waals surface area contributed by atoms with Gasteiger partial charge in [-0.3, -0.25) is 0 Å². The van der Waals surface area contributed by atoms with Gasteiger partial charge in [0.25, 0.3) is 0 Å². The zero-order chi connectivity index (χ0) is 12.0. The van der Waals surface area contributed by atoms with E-state index in [1.165, 1.54) is 0 Å². The Bertz CT molecular complexity index is 417. The van der Waals surface area contributed by atoms with Crippen molar-refractivity contribution >= 4 is 15.8 Å². The van der Waals surface area contributed by atoms with E-state index in [0.717, 1.165) is 0 Å². The second-order valence-electron chi connectivity index (χ2n) is 4.44. The van der Waals surface area contributed by atoms with Crippen LogP contribution < -0.4 is 5.32 Å². The molecule has 5 nitrogen and oxygen atoms in total. The van der Waals surface area contributed by atoms with Crippen molar-refractivity contribution < 1.29 is 22.3 Å². The highest BCUT2D eigenvalue weighted by atomic mass is 32.2. The molecule has 1 unspecified atom stereocenters. The fourth-order valence-corrected chi connectivity index (χ4v) is 4.78. The molecule has 0 aromatic rings. The lowest BCUT2D eigenvalue weighted by molar-refractivity contribution is -0.166. The first-order chi connectivity index (χ1) is 7.35. The number of sulfone groups is 1. The summed E-state index contributed by atoms with van der Waals surface area (Å²) in [5.41, 5.74) is -3.49. The maximum absolute atomic E-state index is 14.6. The first-order valence-corrected chi connectivity index (χ1v) is 6.95. The van der Waals surface area contributed by atoms with Crippen LogP contribution in [0.5, 0.6) is 0 Å². The summed E-state index contributed by atoms with van der Waals surface area (Å²) in [6.07, 6.45) is 0. The number of alkyl halides is 1. The maximum Gasteiger partial charge on any atom is 0.345 e. The van der Waals surface area contributed by atoms with Crippen molar-refractivity contribution in [3.8, 4) is 0 Å². The maximum atomic E-state index is 14.6. The summed E-state index contributed by atoms with van der Waals surface area (Å²) in [6, 6.07) is 0. The second kappa shape index (κ2) is 3.40. The van der Waals surface area contributed by atoms with E-state index in [0.29, 0.717) is 0 Å². The van der Waals surface area contributed by atoms with Gasteiger partial charge in [-0.1, -0.05) is 0 Å². The standard InChI is InChI=1S/C9H14FNO4S/c1-2-15-7(12)9(10)6-16(13,14)5-8(9)3-11-4-8/h11H,2-6H2,1H3. The van der Waals surface area contributed by atoms with Gasteiger partial charge in [-0.2, -0.15) is 0 Å².